The second-order valence-electron chi connectivity index (χ2n) is 2.80. The van der Waals surface area contributed by atoms with Gasteiger partial charge in [-0.05, 0) is 19.1 Å². The molecule has 0 aliphatic carbocycles. The Kier molecular flexibility index (Phi) is 2.33. The van der Waals surface area contributed by atoms with Crippen LogP contribution in [-0.4, -0.2) is 9.97 Å². The molecule has 0 fully saturated rings. The summed E-state index contributed by atoms with van der Waals surface area (Å²) in [7, 11) is 0. The second kappa shape index (κ2) is 3.64. The van der Waals surface area contributed by atoms with Crippen LogP contribution in [-0.2, 0) is 0 Å². The summed E-state index contributed by atoms with van der Waals surface area (Å²) in [5.74, 6) is 0. The molecule has 14 heavy (non-hydrogen) atoms. The summed E-state index contributed by atoms with van der Waals surface area (Å²) >= 11 is 1.05. The Balaban J connectivity index is 2.66. The van der Waals surface area contributed by atoms with Crippen LogP contribution in [0.1, 0.15) is 5.69 Å². The normalized spacial score (nSPS) is 10.0. The number of hydrogen-bond donors (Lipinski definition) is 0. The number of thiocyanates is 1. The molecule has 0 spiro atoms. The van der Waals surface area contributed by atoms with E-state index in [1.165, 1.54) is 0 Å². The van der Waals surface area contributed by atoms with Gasteiger partial charge in [0.2, 0.25) is 0 Å². The van der Waals surface area contributed by atoms with Gasteiger partial charge < -0.3 is 0 Å². The largest absolute Gasteiger partial charge is 0.249 e. The average Bonchev–Trinajstić information content (AvgIpc) is 2.19. The van der Waals surface area contributed by atoms with Crippen molar-refractivity contribution in [3.63, 3.8) is 0 Å². The van der Waals surface area contributed by atoms with E-state index in [1.54, 1.807) is 0 Å². The summed E-state index contributed by atoms with van der Waals surface area (Å²) < 4.78 is 0. The molecular weight excluding hydrogens is 194 g/mol. The van der Waals surface area contributed by atoms with Gasteiger partial charge in [-0.15, -0.1) is 0 Å². The fourth-order valence-electron chi connectivity index (χ4n) is 1.21. The summed E-state index contributed by atoms with van der Waals surface area (Å²) in [6, 6.07) is 7.64. The van der Waals surface area contributed by atoms with Crippen molar-refractivity contribution in [2.24, 2.45) is 0 Å². The first-order chi connectivity index (χ1) is 6.81. The van der Waals surface area contributed by atoms with Gasteiger partial charge in [-0.1, -0.05) is 12.1 Å². The van der Waals surface area contributed by atoms with Gasteiger partial charge in [0.1, 0.15) is 10.4 Å². The Morgan fingerprint density at radius 2 is 1.86 bits per heavy atom. The van der Waals surface area contributed by atoms with E-state index in [2.05, 4.69) is 9.97 Å². The maximum atomic E-state index is 8.56. The second-order valence-corrected chi connectivity index (χ2v) is 3.57. The monoisotopic (exact) mass is 201 g/mol. The topological polar surface area (TPSA) is 49.6 Å². The van der Waals surface area contributed by atoms with E-state index in [4.69, 9.17) is 5.26 Å². The van der Waals surface area contributed by atoms with Crippen molar-refractivity contribution >= 4 is 22.8 Å². The van der Waals surface area contributed by atoms with Crippen molar-refractivity contribution in [2.45, 2.75) is 11.9 Å². The number of aryl methyl sites for hydroxylation is 1. The zero-order valence-corrected chi connectivity index (χ0v) is 8.38. The van der Waals surface area contributed by atoms with Gasteiger partial charge >= 0.3 is 0 Å². The van der Waals surface area contributed by atoms with Crippen LogP contribution in [0.25, 0.3) is 11.0 Å². The molecule has 0 aliphatic rings. The molecule has 1 heterocycles. The van der Waals surface area contributed by atoms with Gasteiger partial charge in [-0.3, -0.25) is 0 Å². The summed E-state index contributed by atoms with van der Waals surface area (Å²) in [6.45, 7) is 1.86. The van der Waals surface area contributed by atoms with Crippen LogP contribution in [0.3, 0.4) is 0 Å². The molecule has 68 valence electrons. The first-order valence-corrected chi connectivity index (χ1v) is 4.92. The maximum Gasteiger partial charge on any atom is 0.140 e. The average molecular weight is 201 g/mol. The van der Waals surface area contributed by atoms with Crippen molar-refractivity contribution < 1.29 is 0 Å². The number of nitriles is 1. The lowest BCUT2D eigenvalue weighted by atomic mass is 10.3. The smallest absolute Gasteiger partial charge is 0.140 e. The SMILES string of the molecule is Cc1nc2ccccc2nc1SC#N. The number of nitrogens with zero attached hydrogens (tertiary/aromatic N) is 3. The fraction of sp³-hybridized carbons (Fsp3) is 0.100. The van der Waals surface area contributed by atoms with Crippen LogP contribution in [0.4, 0.5) is 0 Å². The molecule has 0 N–H and O–H groups in total. The van der Waals surface area contributed by atoms with Crippen LogP contribution in [0.2, 0.25) is 0 Å². The van der Waals surface area contributed by atoms with Crippen molar-refractivity contribution in [3.8, 4) is 5.40 Å². The van der Waals surface area contributed by atoms with E-state index in [9.17, 15) is 0 Å². The molecule has 2 aromatic rings. The summed E-state index contributed by atoms with van der Waals surface area (Å²) in [5.41, 5.74) is 2.50. The van der Waals surface area contributed by atoms with E-state index in [1.807, 2.05) is 36.6 Å². The van der Waals surface area contributed by atoms with Crippen molar-refractivity contribution in [1.82, 2.24) is 9.97 Å². The number of aromatic nitrogens is 2. The molecule has 0 saturated carbocycles. The molecule has 0 saturated heterocycles. The number of para-hydroxylation sites is 2. The third-order valence-corrected chi connectivity index (χ3v) is 2.52. The van der Waals surface area contributed by atoms with Gasteiger partial charge in [-0.2, -0.15) is 5.26 Å². The molecule has 3 nitrogen and oxygen atoms in total. The van der Waals surface area contributed by atoms with E-state index in [0.717, 1.165) is 28.5 Å². The van der Waals surface area contributed by atoms with Crippen LogP contribution < -0.4 is 0 Å². The Bertz CT molecular complexity index is 516. The van der Waals surface area contributed by atoms with E-state index < -0.39 is 0 Å². The molecule has 1 aromatic heterocycles. The molecule has 0 amide bonds. The lowest BCUT2D eigenvalue weighted by Gasteiger charge is -2.01. The van der Waals surface area contributed by atoms with Crippen molar-refractivity contribution in [2.75, 3.05) is 0 Å². The van der Waals surface area contributed by atoms with Gasteiger partial charge in [0.05, 0.1) is 16.7 Å². The highest BCUT2D eigenvalue weighted by Crippen LogP contribution is 2.20. The minimum atomic E-state index is 0.686. The third-order valence-electron chi connectivity index (χ3n) is 1.84. The minimum absolute atomic E-state index is 0.686. The molecule has 0 unspecified atom stereocenters. The predicted octanol–water partition coefficient (Wildman–Crippen LogP) is 2.51. The molecule has 0 bridgehead atoms. The zero-order valence-electron chi connectivity index (χ0n) is 7.56. The Hall–Kier alpha value is -1.60. The van der Waals surface area contributed by atoms with Gasteiger partial charge in [0.25, 0.3) is 0 Å². The zero-order chi connectivity index (χ0) is 9.97. The van der Waals surface area contributed by atoms with Gasteiger partial charge in [0, 0.05) is 11.8 Å². The van der Waals surface area contributed by atoms with Crippen LogP contribution >= 0.6 is 11.8 Å². The minimum Gasteiger partial charge on any atom is -0.249 e. The molecule has 0 atom stereocenters. The molecule has 0 radical (unpaired) electrons. The van der Waals surface area contributed by atoms with E-state index >= 15 is 0 Å². The molecule has 0 aliphatic heterocycles. The first kappa shape index (κ1) is 8.97. The van der Waals surface area contributed by atoms with Crippen molar-refractivity contribution in [1.29, 1.82) is 5.26 Å². The summed E-state index contributed by atoms with van der Waals surface area (Å²) in [5, 5.41) is 11.3. The number of thioether (sulfide) groups is 1. The summed E-state index contributed by atoms with van der Waals surface area (Å²) in [6.07, 6.45) is 0. The van der Waals surface area contributed by atoms with Gasteiger partial charge in [-0.25, -0.2) is 9.97 Å². The van der Waals surface area contributed by atoms with Crippen LogP contribution in [0.5, 0.6) is 0 Å². The highest BCUT2D eigenvalue weighted by molar-refractivity contribution is 8.03. The van der Waals surface area contributed by atoms with Crippen LogP contribution in [0, 0.1) is 17.6 Å². The third kappa shape index (κ3) is 1.54. The van der Waals surface area contributed by atoms with Crippen molar-refractivity contribution in [3.05, 3.63) is 30.0 Å². The quantitative estimate of drug-likeness (QED) is 0.525. The maximum absolute atomic E-state index is 8.56. The number of hydrogen-bond acceptors (Lipinski definition) is 4. The number of rotatable bonds is 1. The fourth-order valence-corrected chi connectivity index (χ4v) is 1.64. The lowest BCUT2D eigenvalue weighted by molar-refractivity contribution is 1.04. The summed E-state index contributed by atoms with van der Waals surface area (Å²) in [4.78, 5) is 8.70. The predicted molar refractivity (Wildman–Crippen MR) is 55.7 cm³/mol. The standard InChI is InChI=1S/C10H7N3S/c1-7-10(14-6-11)13-9-5-3-2-4-8(9)12-7/h2-5H,1H3. The Labute approximate surface area is 85.8 Å². The number of fused-ring (bicyclic) bond motifs is 1. The highest BCUT2D eigenvalue weighted by atomic mass is 32.2. The Morgan fingerprint density at radius 3 is 2.50 bits per heavy atom. The van der Waals surface area contributed by atoms with E-state index in [-0.39, 0.29) is 0 Å². The molecule has 4 heteroatoms. The number of benzene rings is 1. The highest BCUT2D eigenvalue weighted by Gasteiger charge is 2.04. The molecule has 1 aromatic carbocycles. The van der Waals surface area contributed by atoms with Crippen LogP contribution in [0.15, 0.2) is 29.3 Å². The molecular formula is C10H7N3S. The Morgan fingerprint density at radius 1 is 1.21 bits per heavy atom. The molecule has 2 rings (SSSR count). The van der Waals surface area contributed by atoms with E-state index in [0.29, 0.717) is 5.03 Å². The first-order valence-electron chi connectivity index (χ1n) is 4.10. The lowest BCUT2D eigenvalue weighted by Crippen LogP contribution is -1.91. The van der Waals surface area contributed by atoms with Gasteiger partial charge in [0.15, 0.2) is 0 Å².